The Hall–Kier alpha value is -2.73. The number of halogens is 1. The molecule has 2 aromatic heterocycles. The molecule has 1 aliphatic heterocycles. The Morgan fingerprint density at radius 2 is 1.83 bits per heavy atom. The molecule has 0 bridgehead atoms. The molecule has 3 aromatic rings. The molecule has 1 fully saturated rings. The SMILES string of the molecule is Cc1cc([C@@H]2[C@H](c3ccccn3)NC(=S)N2C(C)C)c(C)n1-c1ccccc1F. The highest BCUT2D eigenvalue weighted by atomic mass is 32.1. The highest BCUT2D eigenvalue weighted by Crippen LogP contribution is 2.42. The van der Waals surface area contributed by atoms with Crippen LogP contribution in [0.1, 0.15) is 48.6 Å². The van der Waals surface area contributed by atoms with Gasteiger partial charge in [-0.15, -0.1) is 0 Å². The minimum atomic E-state index is -0.233. The van der Waals surface area contributed by atoms with Crippen LogP contribution in [-0.2, 0) is 0 Å². The van der Waals surface area contributed by atoms with Crippen LogP contribution >= 0.6 is 12.2 Å². The van der Waals surface area contributed by atoms with E-state index in [-0.39, 0.29) is 23.9 Å². The van der Waals surface area contributed by atoms with Gasteiger partial charge in [0.15, 0.2) is 5.11 Å². The van der Waals surface area contributed by atoms with Crippen LogP contribution in [-0.4, -0.2) is 25.6 Å². The third-order valence-corrected chi connectivity index (χ3v) is 5.90. The van der Waals surface area contributed by atoms with Crippen LogP contribution in [0.2, 0.25) is 0 Å². The fraction of sp³-hybridized carbons (Fsp3) is 0.304. The Balaban J connectivity index is 1.88. The molecule has 1 N–H and O–H groups in total. The number of thiocarbonyl (C=S) groups is 1. The van der Waals surface area contributed by atoms with Crippen LogP contribution < -0.4 is 5.32 Å². The first kappa shape index (κ1) is 19.6. The number of nitrogens with zero attached hydrogens (tertiary/aromatic N) is 3. The number of benzene rings is 1. The summed E-state index contributed by atoms with van der Waals surface area (Å²) in [5.74, 6) is -0.233. The molecule has 6 heteroatoms. The van der Waals surface area contributed by atoms with Crippen molar-refractivity contribution < 1.29 is 4.39 Å². The minimum absolute atomic E-state index is 0.0240. The van der Waals surface area contributed by atoms with E-state index in [0.717, 1.165) is 27.8 Å². The van der Waals surface area contributed by atoms with E-state index >= 15 is 0 Å². The summed E-state index contributed by atoms with van der Waals surface area (Å²) in [5.41, 5.74) is 4.63. The first-order valence-electron chi connectivity index (χ1n) is 9.83. The van der Waals surface area contributed by atoms with Gasteiger partial charge in [-0.3, -0.25) is 4.98 Å². The van der Waals surface area contributed by atoms with E-state index in [1.165, 1.54) is 6.07 Å². The average Bonchev–Trinajstić information content (AvgIpc) is 3.19. The van der Waals surface area contributed by atoms with Crippen molar-refractivity contribution in [2.45, 2.75) is 45.8 Å². The van der Waals surface area contributed by atoms with Gasteiger partial charge in [0.25, 0.3) is 0 Å². The molecule has 0 amide bonds. The number of para-hydroxylation sites is 1. The highest BCUT2D eigenvalue weighted by Gasteiger charge is 2.42. The summed E-state index contributed by atoms with van der Waals surface area (Å²) in [6, 6.07) is 15.1. The third-order valence-electron chi connectivity index (χ3n) is 5.57. The molecule has 0 saturated carbocycles. The number of rotatable bonds is 4. The molecule has 0 radical (unpaired) electrons. The Morgan fingerprint density at radius 1 is 1.10 bits per heavy atom. The summed E-state index contributed by atoms with van der Waals surface area (Å²) in [7, 11) is 0. The lowest BCUT2D eigenvalue weighted by atomic mass is 9.96. The van der Waals surface area contributed by atoms with Crippen molar-refractivity contribution in [2.24, 2.45) is 0 Å². The van der Waals surface area contributed by atoms with Crippen LogP contribution in [0.25, 0.3) is 5.69 Å². The molecule has 4 nitrogen and oxygen atoms in total. The Labute approximate surface area is 176 Å². The van der Waals surface area contributed by atoms with Gasteiger partial charge in [0.05, 0.1) is 23.5 Å². The predicted octanol–water partition coefficient (Wildman–Crippen LogP) is 5.01. The maximum Gasteiger partial charge on any atom is 0.170 e. The van der Waals surface area contributed by atoms with Crippen LogP contribution in [0.15, 0.2) is 54.7 Å². The van der Waals surface area contributed by atoms with E-state index in [9.17, 15) is 4.39 Å². The molecule has 29 heavy (non-hydrogen) atoms. The van der Waals surface area contributed by atoms with Crippen LogP contribution in [0, 0.1) is 19.7 Å². The lowest BCUT2D eigenvalue weighted by Crippen LogP contribution is -2.35. The van der Waals surface area contributed by atoms with Crippen molar-refractivity contribution in [3.05, 3.63) is 83.2 Å². The topological polar surface area (TPSA) is 33.1 Å². The maximum atomic E-state index is 14.6. The normalized spacial score (nSPS) is 19.1. The van der Waals surface area contributed by atoms with Crippen molar-refractivity contribution in [3.63, 3.8) is 0 Å². The molecule has 150 valence electrons. The molecular formula is C23H25FN4S. The van der Waals surface area contributed by atoms with E-state index in [4.69, 9.17) is 12.2 Å². The van der Waals surface area contributed by atoms with Gasteiger partial charge < -0.3 is 14.8 Å². The second-order valence-electron chi connectivity index (χ2n) is 7.74. The molecular weight excluding hydrogens is 383 g/mol. The zero-order chi connectivity index (χ0) is 20.7. The summed E-state index contributed by atoms with van der Waals surface area (Å²) in [4.78, 5) is 6.80. The van der Waals surface area contributed by atoms with E-state index in [2.05, 4.69) is 35.1 Å². The van der Waals surface area contributed by atoms with Gasteiger partial charge in [0.1, 0.15) is 5.82 Å². The molecule has 1 saturated heterocycles. The molecule has 1 aliphatic rings. The van der Waals surface area contributed by atoms with Crippen molar-refractivity contribution >= 4 is 17.3 Å². The van der Waals surface area contributed by atoms with Crippen molar-refractivity contribution in [1.29, 1.82) is 0 Å². The van der Waals surface area contributed by atoms with E-state index in [0.29, 0.717) is 5.69 Å². The number of pyridine rings is 1. The fourth-order valence-corrected chi connectivity index (χ4v) is 4.80. The van der Waals surface area contributed by atoms with Gasteiger partial charge in [-0.2, -0.15) is 0 Å². The predicted molar refractivity (Wildman–Crippen MR) is 118 cm³/mol. The zero-order valence-electron chi connectivity index (χ0n) is 17.1. The minimum Gasteiger partial charge on any atom is -0.352 e. The van der Waals surface area contributed by atoms with Crippen molar-refractivity contribution in [3.8, 4) is 5.69 Å². The smallest absolute Gasteiger partial charge is 0.170 e. The number of aryl methyl sites for hydroxylation is 1. The monoisotopic (exact) mass is 408 g/mol. The second kappa shape index (κ2) is 7.59. The lowest BCUT2D eigenvalue weighted by Gasteiger charge is -2.31. The van der Waals surface area contributed by atoms with Crippen molar-refractivity contribution in [1.82, 2.24) is 19.8 Å². The van der Waals surface area contributed by atoms with Crippen LogP contribution in [0.4, 0.5) is 4.39 Å². The van der Waals surface area contributed by atoms with Gasteiger partial charge in [0.2, 0.25) is 0 Å². The Bertz CT molecular complexity index is 1040. The van der Waals surface area contributed by atoms with Gasteiger partial charge in [0, 0.05) is 23.6 Å². The summed E-state index contributed by atoms with van der Waals surface area (Å²) in [5, 5.41) is 4.19. The molecule has 1 aromatic carbocycles. The summed E-state index contributed by atoms with van der Waals surface area (Å²) >= 11 is 5.69. The fourth-order valence-electron chi connectivity index (χ4n) is 4.34. The molecule has 0 unspecified atom stereocenters. The summed E-state index contributed by atoms with van der Waals surface area (Å²) < 4.78 is 16.5. The largest absolute Gasteiger partial charge is 0.352 e. The number of nitrogens with one attached hydrogen (secondary N) is 1. The zero-order valence-corrected chi connectivity index (χ0v) is 17.9. The standard InChI is InChI=1S/C23H25FN4S/c1-14(2)27-22(21(26-23(27)29)19-10-7-8-12-25-19)17-13-15(3)28(16(17)4)20-11-6-5-9-18(20)24/h5-14,21-22H,1-4H3,(H,26,29)/t21-,22+/m0/s1. The summed E-state index contributed by atoms with van der Waals surface area (Å²) in [6.45, 7) is 8.33. The molecule has 0 spiro atoms. The first-order valence-corrected chi connectivity index (χ1v) is 10.2. The van der Waals surface area contributed by atoms with Crippen LogP contribution in [0.5, 0.6) is 0 Å². The number of hydrogen-bond donors (Lipinski definition) is 1. The molecule has 0 aliphatic carbocycles. The van der Waals surface area contributed by atoms with E-state index < -0.39 is 0 Å². The van der Waals surface area contributed by atoms with Crippen molar-refractivity contribution in [2.75, 3.05) is 0 Å². The third kappa shape index (κ3) is 3.31. The quantitative estimate of drug-likeness (QED) is 0.615. The summed E-state index contributed by atoms with van der Waals surface area (Å²) in [6.07, 6.45) is 1.80. The number of hydrogen-bond acceptors (Lipinski definition) is 2. The van der Waals surface area contributed by atoms with Gasteiger partial charge in [-0.05, 0) is 75.8 Å². The highest BCUT2D eigenvalue weighted by molar-refractivity contribution is 7.80. The average molecular weight is 409 g/mol. The van der Waals surface area contributed by atoms with Gasteiger partial charge in [-0.1, -0.05) is 18.2 Å². The number of aromatic nitrogens is 2. The lowest BCUT2D eigenvalue weighted by molar-refractivity contribution is 0.269. The molecule has 3 heterocycles. The second-order valence-corrected chi connectivity index (χ2v) is 8.13. The van der Waals surface area contributed by atoms with Gasteiger partial charge in [-0.25, -0.2) is 4.39 Å². The molecule has 4 rings (SSSR count). The van der Waals surface area contributed by atoms with E-state index in [1.807, 2.05) is 48.7 Å². The maximum absolute atomic E-state index is 14.6. The Morgan fingerprint density at radius 3 is 2.48 bits per heavy atom. The van der Waals surface area contributed by atoms with Gasteiger partial charge >= 0.3 is 0 Å². The molecule has 2 atom stereocenters. The first-order chi connectivity index (χ1) is 13.9. The van der Waals surface area contributed by atoms with Crippen LogP contribution in [0.3, 0.4) is 0 Å². The van der Waals surface area contributed by atoms with E-state index in [1.54, 1.807) is 12.3 Å². The Kier molecular flexibility index (Phi) is 5.13.